The molecule has 1 saturated heterocycles. The predicted octanol–water partition coefficient (Wildman–Crippen LogP) is -0.952. The number of primary sulfonamides is 1. The summed E-state index contributed by atoms with van der Waals surface area (Å²) in [6.07, 6.45) is 1.98. The van der Waals surface area contributed by atoms with Crippen molar-refractivity contribution in [3.63, 3.8) is 0 Å². The Bertz CT molecular complexity index is 1600. The van der Waals surface area contributed by atoms with E-state index in [1.165, 1.54) is 29.2 Å². The Kier molecular flexibility index (Phi) is 14.2. The fourth-order valence-electron chi connectivity index (χ4n) is 5.18. The number of primary amides is 1. The van der Waals surface area contributed by atoms with Crippen LogP contribution >= 0.6 is 0 Å². The first-order valence-electron chi connectivity index (χ1n) is 15.6. The smallest absolute Gasteiger partial charge is 0.266 e. The van der Waals surface area contributed by atoms with Crippen LogP contribution in [0.4, 0.5) is 0 Å². The standard InChI is InChI=1S/C32H43N7O9S/c1-20(2)15-25(32(45)39-14-6-9-27(39)31(44)37-24(29(33)42)16-21-7-4-3-5-8-21)38-30(43)26(18-40)36-28(41)17-35-48-19-22-10-12-23(13-11-22)49(34,46)47/h3-5,7-8,10-13,17,20,24-27,40H,6,9,14-16,18-19H2,1-2H3,(H2,33,42)(H,36,41)(H,37,44)(H,38,43)(H2,34,46,47)/b35-17+/t24-,25-,26-,27-/m0/s1. The second-order valence-corrected chi connectivity index (χ2v) is 13.5. The summed E-state index contributed by atoms with van der Waals surface area (Å²) in [5.41, 5.74) is 6.90. The molecule has 3 rings (SSSR count). The third kappa shape index (κ3) is 12.0. The molecule has 8 N–H and O–H groups in total. The zero-order chi connectivity index (χ0) is 36.1. The molecule has 16 nitrogen and oxygen atoms in total. The van der Waals surface area contributed by atoms with Crippen LogP contribution in [-0.4, -0.2) is 91.5 Å². The van der Waals surface area contributed by atoms with Gasteiger partial charge in [-0.1, -0.05) is 61.5 Å². The Morgan fingerprint density at radius 1 is 0.980 bits per heavy atom. The number of amides is 5. The van der Waals surface area contributed by atoms with E-state index >= 15 is 0 Å². The van der Waals surface area contributed by atoms with Gasteiger partial charge in [0.2, 0.25) is 33.7 Å². The lowest BCUT2D eigenvalue weighted by molar-refractivity contribution is -0.142. The summed E-state index contributed by atoms with van der Waals surface area (Å²) >= 11 is 0. The summed E-state index contributed by atoms with van der Waals surface area (Å²) in [5, 5.41) is 26.0. The second kappa shape index (κ2) is 18.0. The highest BCUT2D eigenvalue weighted by Gasteiger charge is 2.39. The van der Waals surface area contributed by atoms with E-state index in [4.69, 9.17) is 15.7 Å². The first kappa shape index (κ1) is 38.6. The van der Waals surface area contributed by atoms with E-state index in [2.05, 4.69) is 21.1 Å². The Hall–Kier alpha value is -4.87. The van der Waals surface area contributed by atoms with Gasteiger partial charge in [0.1, 0.15) is 37.0 Å². The molecule has 1 aliphatic heterocycles. The van der Waals surface area contributed by atoms with Crippen molar-refractivity contribution < 1.29 is 42.3 Å². The van der Waals surface area contributed by atoms with Gasteiger partial charge in [0, 0.05) is 13.0 Å². The maximum absolute atomic E-state index is 13.8. The molecule has 0 aromatic heterocycles. The van der Waals surface area contributed by atoms with Gasteiger partial charge in [-0.25, -0.2) is 13.6 Å². The van der Waals surface area contributed by atoms with Crippen molar-refractivity contribution in [2.24, 2.45) is 21.9 Å². The number of nitrogens with one attached hydrogen (secondary N) is 3. The molecule has 0 aliphatic carbocycles. The second-order valence-electron chi connectivity index (χ2n) is 12.0. The average molecular weight is 702 g/mol. The van der Waals surface area contributed by atoms with Crippen LogP contribution in [0.1, 0.15) is 44.2 Å². The quantitative estimate of drug-likeness (QED) is 0.0877. The van der Waals surface area contributed by atoms with E-state index in [-0.39, 0.29) is 36.8 Å². The van der Waals surface area contributed by atoms with Gasteiger partial charge in [0.25, 0.3) is 5.91 Å². The molecule has 4 atom stereocenters. The van der Waals surface area contributed by atoms with Crippen LogP contribution < -0.4 is 26.8 Å². The molecule has 1 fully saturated rings. The highest BCUT2D eigenvalue weighted by atomic mass is 32.2. The number of carbonyl (C=O) groups excluding carboxylic acids is 5. The normalized spacial score (nSPS) is 16.5. The largest absolute Gasteiger partial charge is 0.394 e. The number of aliphatic hydroxyl groups is 1. The number of aliphatic hydroxyl groups excluding tert-OH is 1. The molecule has 0 spiro atoms. The molecular weight excluding hydrogens is 658 g/mol. The van der Waals surface area contributed by atoms with Crippen molar-refractivity contribution in [1.82, 2.24) is 20.9 Å². The number of benzene rings is 2. The van der Waals surface area contributed by atoms with Gasteiger partial charge in [-0.05, 0) is 48.4 Å². The van der Waals surface area contributed by atoms with E-state index in [1.54, 1.807) is 24.3 Å². The molecular formula is C32H43N7O9S. The van der Waals surface area contributed by atoms with E-state index in [1.807, 2.05) is 19.9 Å². The highest BCUT2D eigenvalue weighted by Crippen LogP contribution is 2.21. The minimum atomic E-state index is -3.85. The molecule has 0 unspecified atom stereocenters. The summed E-state index contributed by atoms with van der Waals surface area (Å²) < 4.78 is 22.7. The molecule has 49 heavy (non-hydrogen) atoms. The Morgan fingerprint density at radius 2 is 1.65 bits per heavy atom. The lowest BCUT2D eigenvalue weighted by atomic mass is 10.0. The maximum Gasteiger partial charge on any atom is 0.266 e. The minimum absolute atomic E-state index is 0.0587. The van der Waals surface area contributed by atoms with Crippen molar-refractivity contribution >= 4 is 45.8 Å². The fraction of sp³-hybridized carbons (Fsp3) is 0.438. The molecule has 266 valence electrons. The van der Waals surface area contributed by atoms with E-state index in [9.17, 15) is 37.5 Å². The third-order valence-electron chi connectivity index (χ3n) is 7.65. The summed E-state index contributed by atoms with van der Waals surface area (Å²) in [6, 6.07) is 10.1. The zero-order valence-corrected chi connectivity index (χ0v) is 28.1. The SMILES string of the molecule is CC(C)C[C@H](NC(=O)[C@H](CO)NC(=O)/C=N/OCc1ccc(S(N)(=O)=O)cc1)C(=O)N1CCC[C@H]1C(=O)N[C@@H](Cc1ccccc1)C(N)=O. The number of oxime groups is 1. The number of hydrogen-bond donors (Lipinski definition) is 6. The van der Waals surface area contributed by atoms with E-state index < -0.39 is 70.3 Å². The summed E-state index contributed by atoms with van der Waals surface area (Å²) in [6.45, 7) is 3.03. The van der Waals surface area contributed by atoms with Crippen molar-refractivity contribution in [2.45, 2.75) is 75.2 Å². The number of nitrogens with two attached hydrogens (primary N) is 2. The molecule has 2 aromatic rings. The predicted molar refractivity (Wildman–Crippen MR) is 178 cm³/mol. The van der Waals surface area contributed by atoms with Gasteiger partial charge >= 0.3 is 0 Å². The van der Waals surface area contributed by atoms with Crippen LogP contribution in [0.2, 0.25) is 0 Å². The van der Waals surface area contributed by atoms with Crippen molar-refractivity contribution in [1.29, 1.82) is 0 Å². The first-order valence-corrected chi connectivity index (χ1v) is 17.2. The van der Waals surface area contributed by atoms with Crippen LogP contribution in [0.25, 0.3) is 0 Å². The monoisotopic (exact) mass is 701 g/mol. The molecule has 0 saturated carbocycles. The van der Waals surface area contributed by atoms with Gasteiger partial charge in [-0.3, -0.25) is 24.0 Å². The third-order valence-corrected chi connectivity index (χ3v) is 8.58. The summed E-state index contributed by atoms with van der Waals surface area (Å²) in [7, 11) is -3.85. The van der Waals surface area contributed by atoms with Crippen LogP contribution in [-0.2, 0) is 51.9 Å². The van der Waals surface area contributed by atoms with Gasteiger partial charge < -0.3 is 36.5 Å². The lowest BCUT2D eigenvalue weighted by Crippen LogP contribution is -2.58. The number of sulfonamides is 1. The van der Waals surface area contributed by atoms with E-state index in [0.717, 1.165) is 11.8 Å². The van der Waals surface area contributed by atoms with Crippen LogP contribution in [0.5, 0.6) is 0 Å². The minimum Gasteiger partial charge on any atom is -0.394 e. The summed E-state index contributed by atoms with van der Waals surface area (Å²) in [4.78, 5) is 71.1. The molecule has 17 heteroatoms. The van der Waals surface area contributed by atoms with Crippen molar-refractivity contribution in [2.75, 3.05) is 13.2 Å². The molecule has 5 amide bonds. The number of hydrogen-bond acceptors (Lipinski definition) is 10. The van der Waals surface area contributed by atoms with Gasteiger partial charge in [-0.15, -0.1) is 0 Å². The van der Waals surface area contributed by atoms with Crippen LogP contribution in [0, 0.1) is 5.92 Å². The Balaban J connectivity index is 1.59. The lowest BCUT2D eigenvalue weighted by Gasteiger charge is -2.31. The van der Waals surface area contributed by atoms with Crippen LogP contribution in [0.15, 0.2) is 64.6 Å². The number of likely N-dealkylation sites (tertiary alicyclic amines) is 1. The average Bonchev–Trinajstić information content (AvgIpc) is 3.55. The number of carbonyl (C=O) groups is 5. The molecule has 2 aromatic carbocycles. The van der Waals surface area contributed by atoms with E-state index in [0.29, 0.717) is 18.4 Å². The van der Waals surface area contributed by atoms with Crippen molar-refractivity contribution in [3.05, 3.63) is 65.7 Å². The molecule has 1 aliphatic rings. The zero-order valence-electron chi connectivity index (χ0n) is 27.3. The Labute approximate surface area is 284 Å². The summed E-state index contributed by atoms with van der Waals surface area (Å²) in [5.74, 6) is -3.55. The van der Waals surface area contributed by atoms with Gasteiger partial charge in [0.05, 0.1) is 11.5 Å². The molecule has 0 radical (unpaired) electrons. The van der Waals surface area contributed by atoms with Gasteiger partial charge in [0.15, 0.2) is 0 Å². The highest BCUT2D eigenvalue weighted by molar-refractivity contribution is 7.89. The van der Waals surface area contributed by atoms with Crippen molar-refractivity contribution in [3.8, 4) is 0 Å². The number of nitrogens with zero attached hydrogens (tertiary/aromatic N) is 2. The number of rotatable bonds is 17. The Morgan fingerprint density at radius 3 is 2.24 bits per heavy atom. The molecule has 1 heterocycles. The maximum atomic E-state index is 13.8. The first-order chi connectivity index (χ1) is 23.2. The molecule has 0 bridgehead atoms. The topological polar surface area (TPSA) is 253 Å². The fourth-order valence-corrected chi connectivity index (χ4v) is 5.70. The van der Waals surface area contributed by atoms with Crippen LogP contribution in [0.3, 0.4) is 0 Å². The van der Waals surface area contributed by atoms with Gasteiger partial charge in [-0.2, -0.15) is 0 Å².